The second-order valence-corrected chi connectivity index (χ2v) is 5.27. The Morgan fingerprint density at radius 1 is 1.44 bits per heavy atom. The van der Waals surface area contributed by atoms with Gasteiger partial charge in [0.1, 0.15) is 6.29 Å². The highest BCUT2D eigenvalue weighted by Crippen LogP contribution is 2.33. The molecular formula is C14H17NO3. The number of aliphatic hydroxyl groups is 1. The Morgan fingerprint density at radius 3 is 2.78 bits per heavy atom. The topological polar surface area (TPSA) is 57.6 Å². The Balaban J connectivity index is 2.50. The van der Waals surface area contributed by atoms with Crippen molar-refractivity contribution in [1.82, 2.24) is 4.90 Å². The zero-order valence-corrected chi connectivity index (χ0v) is 10.6. The molecule has 0 atom stereocenters. The number of benzene rings is 1. The number of fused-ring (bicyclic) bond motifs is 1. The Bertz CT molecular complexity index is 494. The molecule has 1 aromatic rings. The Hall–Kier alpha value is -1.68. The summed E-state index contributed by atoms with van der Waals surface area (Å²) in [6.45, 7) is 4.69. The van der Waals surface area contributed by atoms with Gasteiger partial charge in [0, 0.05) is 17.5 Å². The lowest BCUT2D eigenvalue weighted by atomic mass is 9.77. The third kappa shape index (κ3) is 2.04. The maximum atomic E-state index is 12.2. The lowest BCUT2D eigenvalue weighted by molar-refractivity contribution is -0.108. The third-order valence-corrected chi connectivity index (χ3v) is 3.39. The summed E-state index contributed by atoms with van der Waals surface area (Å²) in [5.74, 6) is -0.110. The SMILES string of the molecule is CC1(C)CN(CC=O)C(=O)c2ccc(CO)cc21. The molecule has 1 aromatic carbocycles. The molecule has 4 heteroatoms. The monoisotopic (exact) mass is 247 g/mol. The van der Waals surface area contributed by atoms with E-state index in [4.69, 9.17) is 5.11 Å². The van der Waals surface area contributed by atoms with Crippen molar-refractivity contribution in [3.63, 3.8) is 0 Å². The number of rotatable bonds is 3. The van der Waals surface area contributed by atoms with Crippen LogP contribution in [0.2, 0.25) is 0 Å². The standard InChI is InChI=1S/C14H17NO3/c1-14(2)9-15(5-6-16)13(18)11-4-3-10(8-17)7-12(11)14/h3-4,6-7,17H,5,8-9H2,1-2H3. The molecule has 0 spiro atoms. The zero-order valence-electron chi connectivity index (χ0n) is 10.6. The van der Waals surface area contributed by atoms with Crippen molar-refractivity contribution in [2.24, 2.45) is 0 Å². The van der Waals surface area contributed by atoms with Crippen molar-refractivity contribution in [2.45, 2.75) is 25.9 Å². The van der Waals surface area contributed by atoms with Gasteiger partial charge in [0.25, 0.3) is 5.91 Å². The Morgan fingerprint density at radius 2 is 2.17 bits per heavy atom. The van der Waals surface area contributed by atoms with Crippen LogP contribution in [-0.4, -0.2) is 35.3 Å². The van der Waals surface area contributed by atoms with Crippen LogP contribution in [0.5, 0.6) is 0 Å². The minimum atomic E-state index is -0.211. The number of carbonyl (C=O) groups excluding carboxylic acids is 2. The maximum Gasteiger partial charge on any atom is 0.254 e. The van der Waals surface area contributed by atoms with E-state index in [0.717, 1.165) is 17.4 Å². The van der Waals surface area contributed by atoms with Crippen molar-refractivity contribution in [3.8, 4) is 0 Å². The number of aldehydes is 1. The molecule has 96 valence electrons. The van der Waals surface area contributed by atoms with Gasteiger partial charge >= 0.3 is 0 Å². The summed E-state index contributed by atoms with van der Waals surface area (Å²) in [6.07, 6.45) is 0.751. The van der Waals surface area contributed by atoms with Gasteiger partial charge in [-0.1, -0.05) is 26.0 Å². The van der Waals surface area contributed by atoms with E-state index >= 15 is 0 Å². The molecule has 0 bridgehead atoms. The van der Waals surface area contributed by atoms with Crippen LogP contribution in [0, 0.1) is 0 Å². The van der Waals surface area contributed by atoms with Crippen molar-refractivity contribution in [1.29, 1.82) is 0 Å². The van der Waals surface area contributed by atoms with Gasteiger partial charge in [-0.3, -0.25) is 4.79 Å². The van der Waals surface area contributed by atoms with E-state index in [-0.39, 0.29) is 24.5 Å². The molecule has 1 aliphatic rings. The number of aliphatic hydroxyl groups excluding tert-OH is 1. The predicted molar refractivity (Wildman–Crippen MR) is 67.4 cm³/mol. The van der Waals surface area contributed by atoms with E-state index in [9.17, 15) is 9.59 Å². The Kier molecular flexibility index (Phi) is 3.22. The van der Waals surface area contributed by atoms with Gasteiger partial charge in [0.15, 0.2) is 0 Å². The maximum absolute atomic E-state index is 12.2. The summed E-state index contributed by atoms with van der Waals surface area (Å²) in [6, 6.07) is 5.37. The molecule has 0 saturated carbocycles. The first-order chi connectivity index (χ1) is 8.49. The summed E-state index contributed by atoms with van der Waals surface area (Å²) in [4.78, 5) is 24.4. The molecule has 0 aliphatic carbocycles. The summed E-state index contributed by atoms with van der Waals surface area (Å²) in [7, 11) is 0. The summed E-state index contributed by atoms with van der Waals surface area (Å²) < 4.78 is 0. The molecule has 0 unspecified atom stereocenters. The molecular weight excluding hydrogens is 230 g/mol. The van der Waals surface area contributed by atoms with Crippen molar-refractivity contribution in [3.05, 3.63) is 34.9 Å². The van der Waals surface area contributed by atoms with Gasteiger partial charge in [0.05, 0.1) is 13.2 Å². The van der Waals surface area contributed by atoms with Gasteiger partial charge in [-0.25, -0.2) is 0 Å². The molecule has 18 heavy (non-hydrogen) atoms. The fourth-order valence-corrected chi connectivity index (χ4v) is 2.48. The molecule has 2 rings (SSSR count). The molecule has 1 heterocycles. The third-order valence-electron chi connectivity index (χ3n) is 3.39. The minimum Gasteiger partial charge on any atom is -0.392 e. The first-order valence-corrected chi connectivity index (χ1v) is 5.97. The van der Waals surface area contributed by atoms with Crippen LogP contribution in [0.1, 0.15) is 35.3 Å². The van der Waals surface area contributed by atoms with Gasteiger partial charge in [0.2, 0.25) is 0 Å². The highest BCUT2D eigenvalue weighted by atomic mass is 16.3. The molecule has 0 fully saturated rings. The summed E-state index contributed by atoms with van der Waals surface area (Å²) in [5.41, 5.74) is 2.17. The molecule has 0 saturated heterocycles. The number of hydrogen-bond donors (Lipinski definition) is 1. The average Bonchev–Trinajstić information content (AvgIpc) is 2.35. The summed E-state index contributed by atoms with van der Waals surface area (Å²) in [5, 5.41) is 9.17. The number of amides is 1. The van der Waals surface area contributed by atoms with E-state index in [1.807, 2.05) is 19.9 Å². The first-order valence-electron chi connectivity index (χ1n) is 5.97. The molecule has 0 radical (unpaired) electrons. The summed E-state index contributed by atoms with van der Waals surface area (Å²) >= 11 is 0. The van der Waals surface area contributed by atoms with Crippen LogP contribution < -0.4 is 0 Å². The van der Waals surface area contributed by atoms with Gasteiger partial charge < -0.3 is 14.8 Å². The lowest BCUT2D eigenvalue weighted by Gasteiger charge is -2.39. The lowest BCUT2D eigenvalue weighted by Crippen LogP contribution is -2.47. The molecule has 1 amide bonds. The predicted octanol–water partition coefficient (Wildman–Crippen LogP) is 1.11. The average molecular weight is 247 g/mol. The number of carbonyl (C=O) groups is 2. The highest BCUT2D eigenvalue weighted by Gasteiger charge is 2.36. The van der Waals surface area contributed by atoms with Crippen molar-refractivity contribution < 1.29 is 14.7 Å². The van der Waals surface area contributed by atoms with Crippen LogP contribution in [-0.2, 0) is 16.8 Å². The fourth-order valence-electron chi connectivity index (χ4n) is 2.48. The van der Waals surface area contributed by atoms with Gasteiger partial charge in [-0.15, -0.1) is 0 Å². The Labute approximate surface area is 106 Å². The van der Waals surface area contributed by atoms with E-state index < -0.39 is 0 Å². The van der Waals surface area contributed by atoms with Crippen molar-refractivity contribution >= 4 is 12.2 Å². The molecule has 4 nitrogen and oxygen atoms in total. The quantitative estimate of drug-likeness (QED) is 0.814. The first kappa shape index (κ1) is 12.8. The van der Waals surface area contributed by atoms with E-state index in [2.05, 4.69) is 0 Å². The normalized spacial score (nSPS) is 17.5. The second-order valence-electron chi connectivity index (χ2n) is 5.27. The second kappa shape index (κ2) is 4.53. The van der Waals surface area contributed by atoms with Crippen LogP contribution in [0.15, 0.2) is 18.2 Å². The van der Waals surface area contributed by atoms with Crippen LogP contribution >= 0.6 is 0 Å². The minimum absolute atomic E-state index is 0.0321. The highest BCUT2D eigenvalue weighted by molar-refractivity contribution is 5.98. The zero-order chi connectivity index (χ0) is 13.3. The van der Waals surface area contributed by atoms with Crippen LogP contribution in [0.3, 0.4) is 0 Å². The molecule has 1 N–H and O–H groups in total. The van der Waals surface area contributed by atoms with E-state index in [0.29, 0.717) is 12.1 Å². The van der Waals surface area contributed by atoms with Gasteiger partial charge in [-0.05, 0) is 17.2 Å². The van der Waals surface area contributed by atoms with E-state index in [1.165, 1.54) is 0 Å². The van der Waals surface area contributed by atoms with Crippen LogP contribution in [0.25, 0.3) is 0 Å². The smallest absolute Gasteiger partial charge is 0.254 e. The number of hydrogen-bond acceptors (Lipinski definition) is 3. The van der Waals surface area contributed by atoms with Gasteiger partial charge in [-0.2, -0.15) is 0 Å². The van der Waals surface area contributed by atoms with Crippen molar-refractivity contribution in [2.75, 3.05) is 13.1 Å². The van der Waals surface area contributed by atoms with Crippen LogP contribution in [0.4, 0.5) is 0 Å². The number of nitrogens with zero attached hydrogens (tertiary/aromatic N) is 1. The van der Waals surface area contributed by atoms with E-state index in [1.54, 1.807) is 17.0 Å². The largest absolute Gasteiger partial charge is 0.392 e. The molecule has 1 aliphatic heterocycles. The fraction of sp³-hybridized carbons (Fsp3) is 0.429. The molecule has 0 aromatic heterocycles.